The third-order valence-electron chi connectivity index (χ3n) is 0.511. The Morgan fingerprint density at radius 2 is 2.14 bits per heavy atom. The molecule has 0 saturated carbocycles. The van der Waals surface area contributed by atoms with Gasteiger partial charge in [0.1, 0.15) is 6.10 Å². The maximum absolute atomic E-state index is 9.44. The lowest BCUT2D eigenvalue weighted by molar-refractivity contribution is -0.108. The normalized spacial score (nSPS) is 24.3. The monoisotopic (exact) mass is 100 g/mol. The van der Waals surface area contributed by atoms with Crippen LogP contribution in [0.2, 0.25) is 0 Å². The summed E-state index contributed by atoms with van der Waals surface area (Å²) in [4.78, 5) is 9.44. The quantitative estimate of drug-likeness (QED) is 0.271. The van der Waals surface area contributed by atoms with Gasteiger partial charge in [-0.1, -0.05) is 0 Å². The Hall–Kier alpha value is -0.630. The molecule has 1 heterocycles. The number of rotatable bonds is 1. The fourth-order valence-corrected chi connectivity index (χ4v) is 0.134. The van der Waals surface area contributed by atoms with Crippen LogP contribution in [0.4, 0.5) is 0 Å². The van der Waals surface area contributed by atoms with E-state index in [1.807, 2.05) is 0 Å². The zero-order valence-corrected chi connectivity index (χ0v) is 4.09. The van der Waals surface area contributed by atoms with E-state index in [1.165, 1.54) is 0 Å². The van der Waals surface area contributed by atoms with Crippen LogP contribution in [0.15, 0.2) is 13.2 Å². The van der Waals surface area contributed by atoms with E-state index in [4.69, 9.17) is 0 Å². The Morgan fingerprint density at radius 1 is 1.71 bits per heavy atom. The predicted molar refractivity (Wildman–Crippen MR) is 27.1 cm³/mol. The zero-order valence-electron chi connectivity index (χ0n) is 4.09. The molecule has 1 unspecified atom stereocenters. The van der Waals surface area contributed by atoms with Crippen molar-refractivity contribution < 1.29 is 9.53 Å². The lowest BCUT2D eigenvalue weighted by Crippen LogP contribution is -1.79. The van der Waals surface area contributed by atoms with Crippen molar-refractivity contribution in [2.24, 2.45) is 0 Å². The van der Waals surface area contributed by atoms with Crippen LogP contribution >= 0.6 is 0 Å². The standard InChI is InChI=1S/C3H4O2.C2H4/c4-1-3-2-5-3;1-2/h1,3H,2H2;1-2H2. The molecule has 0 aromatic rings. The average molecular weight is 100 g/mol. The summed E-state index contributed by atoms with van der Waals surface area (Å²) < 4.78 is 4.49. The van der Waals surface area contributed by atoms with Crippen molar-refractivity contribution in [1.29, 1.82) is 0 Å². The highest BCUT2D eigenvalue weighted by Gasteiger charge is 2.19. The fraction of sp³-hybridized carbons (Fsp3) is 0.400. The fourth-order valence-electron chi connectivity index (χ4n) is 0.134. The van der Waals surface area contributed by atoms with Gasteiger partial charge in [-0.15, -0.1) is 13.2 Å². The van der Waals surface area contributed by atoms with Gasteiger partial charge in [-0.05, 0) is 0 Å². The molecule has 1 fully saturated rings. The molecular formula is C5H8O2. The average Bonchev–Trinajstić information content (AvgIpc) is 2.52. The number of hydrogen-bond donors (Lipinski definition) is 0. The first kappa shape index (κ1) is 6.37. The summed E-state index contributed by atoms with van der Waals surface area (Å²) >= 11 is 0. The number of ether oxygens (including phenoxy) is 1. The summed E-state index contributed by atoms with van der Waals surface area (Å²) in [5.41, 5.74) is 0. The molecule has 0 aromatic heterocycles. The smallest absolute Gasteiger partial charge is 0.151 e. The van der Waals surface area contributed by atoms with Gasteiger partial charge in [-0.2, -0.15) is 0 Å². The lowest BCUT2D eigenvalue weighted by Gasteiger charge is -1.53. The Balaban J connectivity index is 0.000000162. The number of epoxide rings is 1. The molecule has 2 heteroatoms. The topological polar surface area (TPSA) is 29.6 Å². The van der Waals surface area contributed by atoms with Crippen LogP contribution < -0.4 is 0 Å². The predicted octanol–water partition coefficient (Wildman–Crippen LogP) is 0.386. The third-order valence-corrected chi connectivity index (χ3v) is 0.511. The first-order valence-corrected chi connectivity index (χ1v) is 2.00. The number of carbonyl (C=O) groups is 1. The van der Waals surface area contributed by atoms with Crippen LogP contribution in [-0.2, 0) is 9.53 Å². The van der Waals surface area contributed by atoms with E-state index >= 15 is 0 Å². The summed E-state index contributed by atoms with van der Waals surface area (Å²) in [6.45, 7) is 6.64. The van der Waals surface area contributed by atoms with Gasteiger partial charge in [0, 0.05) is 0 Å². The summed E-state index contributed by atoms with van der Waals surface area (Å²) in [6.07, 6.45) is 0.759. The van der Waals surface area contributed by atoms with Gasteiger partial charge in [0.15, 0.2) is 6.29 Å². The molecule has 0 spiro atoms. The van der Waals surface area contributed by atoms with Crippen LogP contribution in [0.5, 0.6) is 0 Å². The van der Waals surface area contributed by atoms with E-state index in [9.17, 15) is 4.79 Å². The molecule has 1 aliphatic heterocycles. The van der Waals surface area contributed by atoms with E-state index in [0.717, 1.165) is 6.29 Å². The minimum atomic E-state index is -0.0463. The highest BCUT2D eigenvalue weighted by Crippen LogP contribution is 2.02. The van der Waals surface area contributed by atoms with Gasteiger partial charge < -0.3 is 9.53 Å². The second kappa shape index (κ2) is 3.56. The van der Waals surface area contributed by atoms with Crippen LogP contribution in [0.3, 0.4) is 0 Å². The molecule has 2 nitrogen and oxygen atoms in total. The minimum absolute atomic E-state index is 0.0463. The molecule has 0 N–H and O–H groups in total. The maximum Gasteiger partial charge on any atom is 0.151 e. The highest BCUT2D eigenvalue weighted by atomic mass is 16.6. The molecule has 1 atom stereocenters. The van der Waals surface area contributed by atoms with Gasteiger partial charge in [0.05, 0.1) is 6.61 Å². The first-order valence-electron chi connectivity index (χ1n) is 2.00. The highest BCUT2D eigenvalue weighted by molar-refractivity contribution is 5.58. The maximum atomic E-state index is 9.44. The van der Waals surface area contributed by atoms with Crippen molar-refractivity contribution in [3.63, 3.8) is 0 Å². The molecule has 0 bridgehead atoms. The van der Waals surface area contributed by atoms with Gasteiger partial charge in [-0.25, -0.2) is 0 Å². The molecule has 1 aliphatic rings. The molecule has 1 saturated heterocycles. The molecule has 40 valence electrons. The SMILES string of the molecule is C=C.O=CC1CO1. The van der Waals surface area contributed by atoms with Crippen molar-refractivity contribution in [1.82, 2.24) is 0 Å². The summed E-state index contributed by atoms with van der Waals surface area (Å²) in [5.74, 6) is 0. The second-order valence-electron chi connectivity index (χ2n) is 1.01. The molecular weight excluding hydrogens is 92.1 g/mol. The van der Waals surface area contributed by atoms with E-state index < -0.39 is 0 Å². The van der Waals surface area contributed by atoms with Gasteiger partial charge >= 0.3 is 0 Å². The van der Waals surface area contributed by atoms with Crippen molar-refractivity contribution >= 4 is 6.29 Å². The van der Waals surface area contributed by atoms with Crippen molar-refractivity contribution in [3.8, 4) is 0 Å². The van der Waals surface area contributed by atoms with Gasteiger partial charge in [0.25, 0.3) is 0 Å². The van der Waals surface area contributed by atoms with E-state index in [0.29, 0.717) is 6.61 Å². The molecule has 0 amide bonds. The van der Waals surface area contributed by atoms with Crippen molar-refractivity contribution in [2.75, 3.05) is 6.61 Å². The Kier molecular flexibility index (Phi) is 3.24. The first-order chi connectivity index (χ1) is 3.43. The molecule has 0 aromatic carbocycles. The van der Waals surface area contributed by atoms with Crippen LogP contribution in [0.1, 0.15) is 0 Å². The molecule has 0 radical (unpaired) electrons. The minimum Gasteiger partial charge on any atom is -0.365 e. The molecule has 1 rings (SSSR count). The largest absolute Gasteiger partial charge is 0.365 e. The van der Waals surface area contributed by atoms with Gasteiger partial charge in [-0.3, -0.25) is 0 Å². The third kappa shape index (κ3) is 3.19. The Morgan fingerprint density at radius 3 is 2.14 bits per heavy atom. The Labute approximate surface area is 42.8 Å². The second-order valence-corrected chi connectivity index (χ2v) is 1.01. The number of carbonyl (C=O) groups excluding carboxylic acids is 1. The number of hydrogen-bond acceptors (Lipinski definition) is 2. The van der Waals surface area contributed by atoms with Gasteiger partial charge in [0.2, 0.25) is 0 Å². The molecule has 7 heavy (non-hydrogen) atoms. The summed E-state index contributed by atoms with van der Waals surface area (Å²) in [6, 6.07) is 0. The summed E-state index contributed by atoms with van der Waals surface area (Å²) in [7, 11) is 0. The van der Waals surface area contributed by atoms with E-state index in [1.54, 1.807) is 0 Å². The lowest BCUT2D eigenvalue weighted by atomic mass is 10.6. The van der Waals surface area contributed by atoms with E-state index in [-0.39, 0.29) is 6.10 Å². The van der Waals surface area contributed by atoms with Crippen molar-refractivity contribution in [2.45, 2.75) is 6.10 Å². The van der Waals surface area contributed by atoms with Crippen LogP contribution in [0, 0.1) is 0 Å². The summed E-state index contributed by atoms with van der Waals surface area (Å²) in [5, 5.41) is 0. The zero-order chi connectivity index (χ0) is 5.70. The van der Waals surface area contributed by atoms with Crippen molar-refractivity contribution in [3.05, 3.63) is 13.2 Å². The van der Waals surface area contributed by atoms with E-state index in [2.05, 4.69) is 17.9 Å². The molecule has 0 aliphatic carbocycles. The number of aldehydes is 1. The van der Waals surface area contributed by atoms with Crippen LogP contribution in [-0.4, -0.2) is 19.0 Å². The Bertz CT molecular complexity index is 57.1. The van der Waals surface area contributed by atoms with Crippen LogP contribution in [0.25, 0.3) is 0 Å².